The summed E-state index contributed by atoms with van der Waals surface area (Å²) in [5, 5.41) is 0. The second-order valence-corrected chi connectivity index (χ2v) is 4.85. The molecule has 2 rings (SSSR count). The Morgan fingerprint density at radius 2 is 1.89 bits per heavy atom. The van der Waals surface area contributed by atoms with Crippen LogP contribution in [0.4, 0.5) is 0 Å². The van der Waals surface area contributed by atoms with Crippen LogP contribution in [-0.4, -0.2) is 4.98 Å². The van der Waals surface area contributed by atoms with Crippen LogP contribution < -0.4 is 4.74 Å². The standard InChI is InChI=1S/C16H18ClNO/c1-3-12(2)13-7-9-15(10-8-13)19-16-6-4-5-14(11-17)18-16/h4-10,12H,3,11H2,1-2H3. The van der Waals surface area contributed by atoms with Gasteiger partial charge in [-0.3, -0.25) is 0 Å². The van der Waals surface area contributed by atoms with Gasteiger partial charge in [-0.2, -0.15) is 0 Å². The van der Waals surface area contributed by atoms with Crippen LogP contribution in [0.15, 0.2) is 42.5 Å². The van der Waals surface area contributed by atoms with Crippen molar-refractivity contribution in [1.29, 1.82) is 0 Å². The van der Waals surface area contributed by atoms with Gasteiger partial charge in [-0.25, -0.2) is 4.98 Å². The van der Waals surface area contributed by atoms with Gasteiger partial charge in [0.25, 0.3) is 0 Å². The van der Waals surface area contributed by atoms with Crippen molar-refractivity contribution in [3.63, 3.8) is 0 Å². The molecule has 0 aliphatic rings. The maximum Gasteiger partial charge on any atom is 0.219 e. The highest BCUT2D eigenvalue weighted by molar-refractivity contribution is 6.16. The summed E-state index contributed by atoms with van der Waals surface area (Å²) in [7, 11) is 0. The lowest BCUT2D eigenvalue weighted by atomic mass is 9.99. The first kappa shape index (κ1) is 13.9. The normalized spacial score (nSPS) is 12.2. The highest BCUT2D eigenvalue weighted by Crippen LogP contribution is 2.24. The smallest absolute Gasteiger partial charge is 0.219 e. The Kier molecular flexibility index (Phi) is 4.80. The second-order valence-electron chi connectivity index (χ2n) is 4.58. The molecule has 0 bridgehead atoms. The molecule has 1 unspecified atom stereocenters. The molecule has 0 spiro atoms. The molecule has 100 valence electrons. The molecule has 1 aromatic carbocycles. The Hall–Kier alpha value is -1.54. The molecule has 0 fully saturated rings. The van der Waals surface area contributed by atoms with Gasteiger partial charge in [0.2, 0.25) is 5.88 Å². The van der Waals surface area contributed by atoms with Crippen LogP contribution in [0, 0.1) is 0 Å². The molecule has 0 saturated heterocycles. The Balaban J connectivity index is 2.10. The number of pyridine rings is 1. The number of hydrogen-bond donors (Lipinski definition) is 0. The first-order valence-corrected chi connectivity index (χ1v) is 7.06. The summed E-state index contributed by atoms with van der Waals surface area (Å²) < 4.78 is 5.72. The van der Waals surface area contributed by atoms with Crippen LogP contribution in [0.1, 0.15) is 37.4 Å². The van der Waals surface area contributed by atoms with Crippen molar-refractivity contribution in [3.05, 3.63) is 53.7 Å². The van der Waals surface area contributed by atoms with Crippen molar-refractivity contribution in [2.24, 2.45) is 0 Å². The van der Waals surface area contributed by atoms with E-state index < -0.39 is 0 Å². The van der Waals surface area contributed by atoms with Crippen molar-refractivity contribution in [2.75, 3.05) is 0 Å². The molecule has 2 aromatic rings. The van der Waals surface area contributed by atoms with Gasteiger partial charge >= 0.3 is 0 Å². The minimum Gasteiger partial charge on any atom is -0.439 e. The van der Waals surface area contributed by atoms with Crippen LogP contribution in [-0.2, 0) is 5.88 Å². The third-order valence-electron chi connectivity index (χ3n) is 3.20. The Bertz CT molecular complexity index is 525. The summed E-state index contributed by atoms with van der Waals surface area (Å²) in [6.45, 7) is 4.41. The van der Waals surface area contributed by atoms with Gasteiger partial charge in [-0.15, -0.1) is 11.6 Å². The fourth-order valence-electron chi connectivity index (χ4n) is 1.81. The molecule has 0 amide bonds. The lowest BCUT2D eigenvalue weighted by Gasteiger charge is -2.10. The van der Waals surface area contributed by atoms with E-state index in [1.807, 2.05) is 30.3 Å². The maximum absolute atomic E-state index is 5.76. The minimum absolute atomic E-state index is 0.393. The van der Waals surface area contributed by atoms with Crippen LogP contribution in [0.5, 0.6) is 11.6 Å². The van der Waals surface area contributed by atoms with E-state index in [1.54, 1.807) is 0 Å². The first-order chi connectivity index (χ1) is 9.22. The SMILES string of the molecule is CCC(C)c1ccc(Oc2cccc(CCl)n2)cc1. The number of nitrogens with zero attached hydrogens (tertiary/aromatic N) is 1. The third-order valence-corrected chi connectivity index (χ3v) is 3.48. The largest absolute Gasteiger partial charge is 0.439 e. The zero-order valence-electron chi connectivity index (χ0n) is 11.3. The summed E-state index contributed by atoms with van der Waals surface area (Å²) in [4.78, 5) is 4.31. The van der Waals surface area contributed by atoms with E-state index in [-0.39, 0.29) is 0 Å². The topological polar surface area (TPSA) is 22.1 Å². The van der Waals surface area contributed by atoms with Crippen LogP contribution in [0.25, 0.3) is 0 Å². The van der Waals surface area contributed by atoms with Crippen molar-refractivity contribution >= 4 is 11.6 Å². The molecular formula is C16H18ClNO. The maximum atomic E-state index is 5.76. The Morgan fingerprint density at radius 3 is 2.53 bits per heavy atom. The van der Waals surface area contributed by atoms with E-state index in [0.29, 0.717) is 17.7 Å². The number of benzene rings is 1. The van der Waals surface area contributed by atoms with Crippen LogP contribution in [0.2, 0.25) is 0 Å². The summed E-state index contributed by atoms with van der Waals surface area (Å²) >= 11 is 5.76. The summed E-state index contributed by atoms with van der Waals surface area (Å²) in [6.07, 6.45) is 1.14. The third kappa shape index (κ3) is 3.71. The highest BCUT2D eigenvalue weighted by atomic mass is 35.5. The Morgan fingerprint density at radius 1 is 1.16 bits per heavy atom. The fourth-order valence-corrected chi connectivity index (χ4v) is 1.96. The number of alkyl halides is 1. The molecular weight excluding hydrogens is 258 g/mol. The van der Waals surface area contributed by atoms with Gasteiger partial charge in [0.05, 0.1) is 11.6 Å². The van der Waals surface area contributed by atoms with E-state index in [4.69, 9.17) is 16.3 Å². The zero-order chi connectivity index (χ0) is 13.7. The average Bonchev–Trinajstić information content (AvgIpc) is 2.47. The van der Waals surface area contributed by atoms with E-state index in [9.17, 15) is 0 Å². The second kappa shape index (κ2) is 6.58. The fraction of sp³-hybridized carbons (Fsp3) is 0.312. The number of rotatable bonds is 5. The molecule has 3 heteroatoms. The van der Waals surface area contributed by atoms with E-state index in [0.717, 1.165) is 17.9 Å². The number of halogens is 1. The molecule has 1 heterocycles. The van der Waals surface area contributed by atoms with Gasteiger partial charge in [0.15, 0.2) is 0 Å². The summed E-state index contributed by atoms with van der Waals surface area (Å²) in [5.41, 5.74) is 2.15. The predicted molar refractivity (Wildman–Crippen MR) is 79.0 cm³/mol. The highest BCUT2D eigenvalue weighted by Gasteiger charge is 2.04. The van der Waals surface area contributed by atoms with Crippen molar-refractivity contribution in [3.8, 4) is 11.6 Å². The minimum atomic E-state index is 0.393. The molecule has 0 radical (unpaired) electrons. The molecule has 0 N–H and O–H groups in total. The lowest BCUT2D eigenvalue weighted by Crippen LogP contribution is -1.93. The van der Waals surface area contributed by atoms with Crippen LogP contribution >= 0.6 is 11.6 Å². The zero-order valence-corrected chi connectivity index (χ0v) is 12.0. The van der Waals surface area contributed by atoms with E-state index in [1.165, 1.54) is 5.56 Å². The summed E-state index contributed by atoms with van der Waals surface area (Å²) in [6, 6.07) is 13.8. The molecule has 2 nitrogen and oxygen atoms in total. The van der Waals surface area contributed by atoms with Crippen molar-refractivity contribution in [2.45, 2.75) is 32.1 Å². The monoisotopic (exact) mass is 275 g/mol. The molecule has 19 heavy (non-hydrogen) atoms. The number of aromatic nitrogens is 1. The van der Waals surface area contributed by atoms with Gasteiger partial charge in [-0.1, -0.05) is 32.0 Å². The quantitative estimate of drug-likeness (QED) is 0.706. The van der Waals surface area contributed by atoms with Gasteiger partial charge < -0.3 is 4.74 Å². The van der Waals surface area contributed by atoms with Crippen LogP contribution in [0.3, 0.4) is 0 Å². The number of hydrogen-bond acceptors (Lipinski definition) is 2. The van der Waals surface area contributed by atoms with E-state index in [2.05, 4.69) is 31.0 Å². The number of ether oxygens (including phenoxy) is 1. The van der Waals surface area contributed by atoms with Crippen molar-refractivity contribution < 1.29 is 4.74 Å². The lowest BCUT2D eigenvalue weighted by molar-refractivity contribution is 0.461. The predicted octanol–water partition coefficient (Wildman–Crippen LogP) is 5.13. The van der Waals surface area contributed by atoms with Gasteiger partial charge in [0, 0.05) is 6.07 Å². The Labute approximate surface area is 119 Å². The van der Waals surface area contributed by atoms with Gasteiger partial charge in [0.1, 0.15) is 5.75 Å². The summed E-state index contributed by atoms with van der Waals surface area (Å²) in [5.74, 6) is 2.34. The van der Waals surface area contributed by atoms with Crippen molar-refractivity contribution in [1.82, 2.24) is 4.98 Å². The molecule has 0 aliphatic heterocycles. The molecule has 0 aliphatic carbocycles. The first-order valence-electron chi connectivity index (χ1n) is 6.52. The average molecular weight is 276 g/mol. The molecule has 1 aromatic heterocycles. The molecule has 1 atom stereocenters. The van der Waals surface area contributed by atoms with E-state index >= 15 is 0 Å². The molecule has 0 saturated carbocycles. The van der Waals surface area contributed by atoms with Gasteiger partial charge in [-0.05, 0) is 36.1 Å².